The van der Waals surface area contributed by atoms with E-state index in [1.807, 2.05) is 24.3 Å². The molecule has 1 aliphatic rings. The summed E-state index contributed by atoms with van der Waals surface area (Å²) in [6.45, 7) is 2.09. The number of ether oxygens (including phenoxy) is 3. The first kappa shape index (κ1) is 20.2. The quantitative estimate of drug-likeness (QED) is 0.504. The van der Waals surface area contributed by atoms with Crippen LogP contribution in [0.2, 0.25) is 0 Å². The molecule has 1 fully saturated rings. The molecule has 3 rings (SSSR count). The first-order valence-electron chi connectivity index (χ1n) is 8.69. The second-order valence-corrected chi connectivity index (χ2v) is 7.67. The Morgan fingerprint density at radius 3 is 2.14 bits per heavy atom. The number of carbonyl (C=O) groups excluding carboxylic acids is 1. The Hall–Kier alpha value is -2.51. The van der Waals surface area contributed by atoms with E-state index >= 15 is 0 Å². The number of methoxy groups -OCH3 is 3. The molecule has 0 aliphatic carbocycles. The predicted octanol–water partition coefficient (Wildman–Crippen LogP) is 4.68. The molecule has 2 aromatic carbocycles. The molecule has 1 amide bonds. The summed E-state index contributed by atoms with van der Waals surface area (Å²) in [5.74, 6) is 1.41. The van der Waals surface area contributed by atoms with E-state index in [1.165, 1.54) is 17.3 Å². The third kappa shape index (κ3) is 3.86. The highest BCUT2D eigenvalue weighted by atomic mass is 32.2. The molecule has 1 aliphatic heterocycles. The summed E-state index contributed by atoms with van der Waals surface area (Å²) in [6.07, 6.45) is 2.73. The van der Waals surface area contributed by atoms with Crippen LogP contribution < -0.4 is 19.1 Å². The van der Waals surface area contributed by atoms with Gasteiger partial charge in [0.05, 0.1) is 31.9 Å². The van der Waals surface area contributed by atoms with Crippen molar-refractivity contribution < 1.29 is 19.0 Å². The van der Waals surface area contributed by atoms with Gasteiger partial charge in [-0.15, -0.1) is 0 Å². The van der Waals surface area contributed by atoms with Crippen LogP contribution in [0.25, 0.3) is 6.08 Å². The normalized spacial score (nSPS) is 15.3. The Morgan fingerprint density at radius 2 is 1.64 bits per heavy atom. The van der Waals surface area contributed by atoms with Crippen molar-refractivity contribution in [1.29, 1.82) is 0 Å². The van der Waals surface area contributed by atoms with E-state index in [2.05, 4.69) is 6.92 Å². The maximum atomic E-state index is 13.0. The van der Waals surface area contributed by atoms with Crippen LogP contribution >= 0.6 is 24.0 Å². The molecule has 2 aromatic rings. The topological polar surface area (TPSA) is 48.0 Å². The van der Waals surface area contributed by atoms with E-state index in [9.17, 15) is 4.79 Å². The standard InChI is InChI=1S/C21H21NO4S2/c1-5-13-6-8-15(9-7-13)22-20(23)18(28-21(22)27)12-14-10-16(24-2)19(26-4)17(11-14)25-3/h6-12H,5H2,1-4H3. The Morgan fingerprint density at radius 1 is 1.04 bits per heavy atom. The summed E-state index contributed by atoms with van der Waals surface area (Å²) >= 11 is 6.72. The van der Waals surface area contributed by atoms with Crippen molar-refractivity contribution in [1.82, 2.24) is 0 Å². The van der Waals surface area contributed by atoms with Crippen molar-refractivity contribution >= 4 is 46.0 Å². The van der Waals surface area contributed by atoms with Crippen molar-refractivity contribution in [3.63, 3.8) is 0 Å². The van der Waals surface area contributed by atoms with Gasteiger partial charge in [-0.05, 0) is 47.9 Å². The Kier molecular flexibility index (Phi) is 6.26. The number of nitrogens with zero attached hydrogens (tertiary/aromatic N) is 1. The number of thiocarbonyl (C=S) groups is 1. The molecule has 0 unspecified atom stereocenters. The van der Waals surface area contributed by atoms with Crippen LogP contribution in [0.1, 0.15) is 18.1 Å². The van der Waals surface area contributed by atoms with E-state index in [1.54, 1.807) is 44.4 Å². The summed E-state index contributed by atoms with van der Waals surface area (Å²) in [5, 5.41) is 0. The number of benzene rings is 2. The lowest BCUT2D eigenvalue weighted by Crippen LogP contribution is -2.27. The third-order valence-corrected chi connectivity index (χ3v) is 5.68. The number of carbonyl (C=O) groups is 1. The van der Waals surface area contributed by atoms with Gasteiger partial charge in [0.25, 0.3) is 5.91 Å². The Bertz CT molecular complexity index is 913. The minimum atomic E-state index is -0.145. The van der Waals surface area contributed by atoms with Crippen LogP contribution in [-0.4, -0.2) is 31.6 Å². The zero-order chi connectivity index (χ0) is 20.3. The van der Waals surface area contributed by atoms with Crippen LogP contribution in [0.4, 0.5) is 5.69 Å². The molecule has 0 spiro atoms. The van der Waals surface area contributed by atoms with E-state index in [-0.39, 0.29) is 5.91 Å². The lowest BCUT2D eigenvalue weighted by Gasteiger charge is -2.15. The Balaban J connectivity index is 1.95. The molecule has 1 saturated heterocycles. The van der Waals surface area contributed by atoms with E-state index < -0.39 is 0 Å². The maximum Gasteiger partial charge on any atom is 0.270 e. The fourth-order valence-electron chi connectivity index (χ4n) is 2.91. The summed E-state index contributed by atoms with van der Waals surface area (Å²) in [4.78, 5) is 15.1. The molecule has 0 aromatic heterocycles. The van der Waals surface area contributed by atoms with Gasteiger partial charge in [-0.25, -0.2) is 0 Å². The van der Waals surface area contributed by atoms with Gasteiger partial charge >= 0.3 is 0 Å². The zero-order valence-electron chi connectivity index (χ0n) is 16.1. The van der Waals surface area contributed by atoms with Crippen LogP contribution in [0.5, 0.6) is 17.2 Å². The van der Waals surface area contributed by atoms with Crippen LogP contribution in [-0.2, 0) is 11.2 Å². The van der Waals surface area contributed by atoms with E-state index in [0.29, 0.717) is 26.5 Å². The zero-order valence-corrected chi connectivity index (χ0v) is 17.8. The number of amides is 1. The van der Waals surface area contributed by atoms with Crippen molar-refractivity contribution in [2.75, 3.05) is 26.2 Å². The molecule has 0 atom stereocenters. The second kappa shape index (κ2) is 8.67. The lowest BCUT2D eigenvalue weighted by molar-refractivity contribution is -0.113. The Labute approximate surface area is 174 Å². The monoisotopic (exact) mass is 415 g/mol. The van der Waals surface area contributed by atoms with Gasteiger partial charge in [0.1, 0.15) is 0 Å². The highest BCUT2D eigenvalue weighted by Crippen LogP contribution is 2.41. The summed E-state index contributed by atoms with van der Waals surface area (Å²) in [5.41, 5.74) is 2.74. The number of anilines is 1. The van der Waals surface area contributed by atoms with E-state index in [4.69, 9.17) is 26.4 Å². The molecule has 5 nitrogen and oxygen atoms in total. The summed E-state index contributed by atoms with van der Waals surface area (Å²) in [7, 11) is 4.66. The van der Waals surface area contributed by atoms with Crippen LogP contribution in [0, 0.1) is 0 Å². The third-order valence-electron chi connectivity index (χ3n) is 4.38. The fraction of sp³-hybridized carbons (Fsp3) is 0.238. The average molecular weight is 416 g/mol. The first-order chi connectivity index (χ1) is 13.5. The lowest BCUT2D eigenvalue weighted by atomic mass is 10.1. The number of aryl methyl sites for hydroxylation is 1. The van der Waals surface area contributed by atoms with Crippen molar-refractivity contribution in [3.8, 4) is 17.2 Å². The highest BCUT2D eigenvalue weighted by Gasteiger charge is 2.33. The van der Waals surface area contributed by atoms with Gasteiger partial charge in [0.15, 0.2) is 15.8 Å². The van der Waals surface area contributed by atoms with Gasteiger partial charge in [0.2, 0.25) is 5.75 Å². The molecule has 146 valence electrons. The van der Waals surface area contributed by atoms with Crippen molar-refractivity contribution in [3.05, 3.63) is 52.4 Å². The molecule has 1 heterocycles. The molecule has 0 N–H and O–H groups in total. The molecule has 7 heteroatoms. The maximum absolute atomic E-state index is 13.0. The van der Waals surface area contributed by atoms with Crippen molar-refractivity contribution in [2.24, 2.45) is 0 Å². The molecular weight excluding hydrogens is 394 g/mol. The predicted molar refractivity (Wildman–Crippen MR) is 118 cm³/mol. The molecule has 0 saturated carbocycles. The average Bonchev–Trinajstić information content (AvgIpc) is 3.00. The number of rotatable bonds is 6. The highest BCUT2D eigenvalue weighted by molar-refractivity contribution is 8.27. The summed E-state index contributed by atoms with van der Waals surface area (Å²) in [6, 6.07) is 11.5. The molecule has 28 heavy (non-hydrogen) atoms. The number of hydrogen-bond donors (Lipinski definition) is 0. The SMILES string of the molecule is CCc1ccc(N2C(=O)C(=Cc3cc(OC)c(OC)c(OC)c3)SC2=S)cc1. The minimum Gasteiger partial charge on any atom is -0.493 e. The minimum absolute atomic E-state index is 0.145. The van der Waals surface area contributed by atoms with Gasteiger partial charge < -0.3 is 14.2 Å². The van der Waals surface area contributed by atoms with Gasteiger partial charge in [-0.3, -0.25) is 9.69 Å². The fourth-order valence-corrected chi connectivity index (χ4v) is 4.21. The summed E-state index contributed by atoms with van der Waals surface area (Å²) < 4.78 is 16.6. The first-order valence-corrected chi connectivity index (χ1v) is 9.91. The number of hydrogen-bond acceptors (Lipinski definition) is 6. The number of thioether (sulfide) groups is 1. The molecule has 0 radical (unpaired) electrons. The van der Waals surface area contributed by atoms with E-state index in [0.717, 1.165) is 17.7 Å². The van der Waals surface area contributed by atoms with Gasteiger partial charge in [0, 0.05) is 0 Å². The second-order valence-electron chi connectivity index (χ2n) is 6.00. The van der Waals surface area contributed by atoms with Crippen molar-refractivity contribution in [2.45, 2.75) is 13.3 Å². The van der Waals surface area contributed by atoms with Crippen LogP contribution in [0.15, 0.2) is 41.3 Å². The largest absolute Gasteiger partial charge is 0.493 e. The molecular formula is C21H21NO4S2. The van der Waals surface area contributed by atoms with Gasteiger partial charge in [-0.2, -0.15) is 0 Å². The smallest absolute Gasteiger partial charge is 0.270 e. The molecule has 0 bridgehead atoms. The van der Waals surface area contributed by atoms with Crippen LogP contribution in [0.3, 0.4) is 0 Å². The van der Waals surface area contributed by atoms with Gasteiger partial charge in [-0.1, -0.05) is 43.0 Å².